The fourth-order valence-electron chi connectivity index (χ4n) is 2.90. The highest BCUT2D eigenvalue weighted by Crippen LogP contribution is 2.20. The summed E-state index contributed by atoms with van der Waals surface area (Å²) in [5.41, 5.74) is 2.27. The summed E-state index contributed by atoms with van der Waals surface area (Å²) in [5.74, 6) is -0.289. The van der Waals surface area contributed by atoms with E-state index in [9.17, 15) is 10.1 Å². The predicted molar refractivity (Wildman–Crippen MR) is 98.6 cm³/mol. The highest BCUT2D eigenvalue weighted by Gasteiger charge is 2.10. The van der Waals surface area contributed by atoms with Gasteiger partial charge in [0.25, 0.3) is 5.91 Å². The molecule has 24 heavy (non-hydrogen) atoms. The van der Waals surface area contributed by atoms with Crippen LogP contribution in [0.5, 0.6) is 0 Å². The van der Waals surface area contributed by atoms with Crippen molar-refractivity contribution in [1.29, 1.82) is 5.26 Å². The SMILES string of the molecule is CCCCNC(=O)/C(C#N)=C/c1ccc(N2CCCCCC2)cc1. The Bertz CT molecular complexity index is 590. The van der Waals surface area contributed by atoms with E-state index in [4.69, 9.17) is 0 Å². The van der Waals surface area contributed by atoms with Gasteiger partial charge in [0.05, 0.1) is 0 Å². The van der Waals surface area contributed by atoms with Gasteiger partial charge in [-0.2, -0.15) is 5.26 Å². The molecular weight excluding hydrogens is 298 g/mol. The highest BCUT2D eigenvalue weighted by molar-refractivity contribution is 6.01. The van der Waals surface area contributed by atoms with Gasteiger partial charge in [-0.3, -0.25) is 4.79 Å². The summed E-state index contributed by atoms with van der Waals surface area (Å²) in [7, 11) is 0. The zero-order chi connectivity index (χ0) is 17.2. The van der Waals surface area contributed by atoms with Crippen molar-refractivity contribution >= 4 is 17.7 Å². The molecule has 1 saturated heterocycles. The molecule has 2 rings (SSSR count). The molecule has 1 heterocycles. The minimum atomic E-state index is -0.289. The molecule has 1 aliphatic rings. The van der Waals surface area contributed by atoms with Gasteiger partial charge in [-0.25, -0.2) is 0 Å². The second-order valence-corrected chi connectivity index (χ2v) is 6.27. The Balaban J connectivity index is 2.02. The minimum Gasteiger partial charge on any atom is -0.372 e. The first-order chi connectivity index (χ1) is 11.7. The van der Waals surface area contributed by atoms with Gasteiger partial charge < -0.3 is 10.2 Å². The van der Waals surface area contributed by atoms with Gasteiger partial charge in [-0.1, -0.05) is 38.3 Å². The Kier molecular flexibility index (Phi) is 7.35. The first kappa shape index (κ1) is 18.1. The van der Waals surface area contributed by atoms with E-state index in [2.05, 4.69) is 29.3 Å². The normalized spacial score (nSPS) is 15.5. The fraction of sp³-hybridized carbons (Fsp3) is 0.500. The van der Waals surface area contributed by atoms with Crippen molar-refractivity contribution in [2.75, 3.05) is 24.5 Å². The summed E-state index contributed by atoms with van der Waals surface area (Å²) in [6.07, 6.45) is 8.73. The van der Waals surface area contributed by atoms with E-state index in [1.165, 1.54) is 31.4 Å². The Morgan fingerprint density at radius 3 is 2.46 bits per heavy atom. The number of anilines is 1. The Hall–Kier alpha value is -2.28. The average Bonchev–Trinajstić information content (AvgIpc) is 2.89. The van der Waals surface area contributed by atoms with Crippen molar-refractivity contribution in [2.24, 2.45) is 0 Å². The molecule has 0 atom stereocenters. The van der Waals surface area contributed by atoms with E-state index in [1.807, 2.05) is 18.2 Å². The van der Waals surface area contributed by atoms with Crippen LogP contribution in [-0.4, -0.2) is 25.5 Å². The molecular formula is C20H27N3O. The molecule has 1 fully saturated rings. The van der Waals surface area contributed by atoms with Crippen molar-refractivity contribution in [3.8, 4) is 6.07 Å². The molecule has 0 aromatic heterocycles. The van der Waals surface area contributed by atoms with Crippen LogP contribution in [0.3, 0.4) is 0 Å². The number of nitriles is 1. The number of nitrogens with zero attached hydrogens (tertiary/aromatic N) is 2. The average molecular weight is 325 g/mol. The lowest BCUT2D eigenvalue weighted by Crippen LogP contribution is -2.25. The molecule has 0 unspecified atom stereocenters. The molecule has 1 amide bonds. The molecule has 1 N–H and O–H groups in total. The van der Waals surface area contributed by atoms with Crippen LogP contribution in [-0.2, 0) is 4.79 Å². The number of rotatable bonds is 6. The summed E-state index contributed by atoms with van der Waals surface area (Å²) in [4.78, 5) is 14.4. The number of benzene rings is 1. The van der Waals surface area contributed by atoms with Crippen LogP contribution in [0.2, 0.25) is 0 Å². The maximum absolute atomic E-state index is 12.0. The van der Waals surface area contributed by atoms with E-state index in [1.54, 1.807) is 6.08 Å². The number of unbranched alkanes of at least 4 members (excludes halogenated alkanes) is 1. The van der Waals surface area contributed by atoms with Crippen molar-refractivity contribution in [1.82, 2.24) is 5.32 Å². The maximum atomic E-state index is 12.0. The minimum absolute atomic E-state index is 0.161. The third kappa shape index (κ3) is 5.42. The molecule has 0 aliphatic carbocycles. The van der Waals surface area contributed by atoms with Crippen molar-refractivity contribution < 1.29 is 4.79 Å². The standard InChI is InChI=1S/C20H27N3O/c1-2-3-12-22-20(24)18(16-21)15-17-8-10-19(11-9-17)23-13-6-4-5-7-14-23/h8-11,15H,2-7,12-14H2,1H3,(H,22,24)/b18-15+. The van der Waals surface area contributed by atoms with Crippen LogP contribution in [0.25, 0.3) is 6.08 Å². The van der Waals surface area contributed by atoms with Crippen LogP contribution >= 0.6 is 0 Å². The van der Waals surface area contributed by atoms with Crippen molar-refractivity contribution in [3.05, 3.63) is 35.4 Å². The van der Waals surface area contributed by atoms with Gasteiger partial charge in [-0.15, -0.1) is 0 Å². The molecule has 0 radical (unpaired) electrons. The van der Waals surface area contributed by atoms with Crippen LogP contribution in [0.1, 0.15) is 51.0 Å². The molecule has 1 aliphatic heterocycles. The monoisotopic (exact) mass is 325 g/mol. The smallest absolute Gasteiger partial charge is 0.261 e. The molecule has 1 aromatic carbocycles. The van der Waals surface area contributed by atoms with E-state index >= 15 is 0 Å². The summed E-state index contributed by atoms with van der Waals surface area (Å²) >= 11 is 0. The highest BCUT2D eigenvalue weighted by atomic mass is 16.1. The van der Waals surface area contributed by atoms with Crippen LogP contribution in [0, 0.1) is 11.3 Å². The van der Waals surface area contributed by atoms with Crippen LogP contribution in [0.4, 0.5) is 5.69 Å². The molecule has 4 heteroatoms. The molecule has 0 spiro atoms. The Morgan fingerprint density at radius 2 is 1.88 bits per heavy atom. The number of nitrogens with one attached hydrogen (secondary N) is 1. The van der Waals surface area contributed by atoms with Gasteiger partial charge in [0.2, 0.25) is 0 Å². The lowest BCUT2D eigenvalue weighted by atomic mass is 10.1. The predicted octanol–water partition coefficient (Wildman–Crippen LogP) is 3.89. The molecule has 128 valence electrons. The lowest BCUT2D eigenvalue weighted by molar-refractivity contribution is -0.117. The van der Waals surface area contributed by atoms with Gasteiger partial charge in [0, 0.05) is 25.3 Å². The number of carbonyl (C=O) groups is 1. The van der Waals surface area contributed by atoms with Gasteiger partial charge in [0.1, 0.15) is 11.6 Å². The summed E-state index contributed by atoms with van der Waals surface area (Å²) in [6, 6.07) is 10.1. The van der Waals surface area contributed by atoms with E-state index in [0.717, 1.165) is 31.5 Å². The number of carbonyl (C=O) groups excluding carboxylic acids is 1. The second-order valence-electron chi connectivity index (χ2n) is 6.27. The zero-order valence-corrected chi connectivity index (χ0v) is 14.6. The van der Waals surface area contributed by atoms with E-state index < -0.39 is 0 Å². The Morgan fingerprint density at radius 1 is 1.21 bits per heavy atom. The van der Waals surface area contributed by atoms with Crippen molar-refractivity contribution in [3.63, 3.8) is 0 Å². The third-order valence-corrected chi connectivity index (χ3v) is 4.36. The first-order valence-electron chi connectivity index (χ1n) is 8.99. The number of hydrogen-bond donors (Lipinski definition) is 1. The first-order valence-corrected chi connectivity index (χ1v) is 8.99. The lowest BCUT2D eigenvalue weighted by Gasteiger charge is -2.22. The maximum Gasteiger partial charge on any atom is 0.261 e. The molecule has 1 aromatic rings. The Labute approximate surface area is 145 Å². The summed E-state index contributed by atoms with van der Waals surface area (Å²) in [6.45, 7) is 4.90. The topological polar surface area (TPSA) is 56.1 Å². The molecule has 4 nitrogen and oxygen atoms in total. The van der Waals surface area contributed by atoms with Gasteiger partial charge in [0.15, 0.2) is 0 Å². The zero-order valence-electron chi connectivity index (χ0n) is 14.6. The van der Waals surface area contributed by atoms with Crippen molar-refractivity contribution in [2.45, 2.75) is 45.4 Å². The van der Waals surface area contributed by atoms with Gasteiger partial charge in [-0.05, 0) is 43.0 Å². The quantitative estimate of drug-likeness (QED) is 0.490. The van der Waals surface area contributed by atoms with Gasteiger partial charge >= 0.3 is 0 Å². The van der Waals surface area contributed by atoms with E-state index in [0.29, 0.717) is 6.54 Å². The molecule has 0 bridgehead atoms. The summed E-state index contributed by atoms with van der Waals surface area (Å²) < 4.78 is 0. The summed E-state index contributed by atoms with van der Waals surface area (Å²) in [5, 5.41) is 12.0. The third-order valence-electron chi connectivity index (χ3n) is 4.36. The van der Waals surface area contributed by atoms with E-state index in [-0.39, 0.29) is 11.5 Å². The second kappa shape index (κ2) is 9.77. The number of amides is 1. The fourth-order valence-corrected chi connectivity index (χ4v) is 2.90. The van der Waals surface area contributed by atoms with Crippen LogP contribution < -0.4 is 10.2 Å². The number of hydrogen-bond acceptors (Lipinski definition) is 3. The van der Waals surface area contributed by atoms with Crippen LogP contribution in [0.15, 0.2) is 29.8 Å². The molecule has 0 saturated carbocycles. The largest absolute Gasteiger partial charge is 0.372 e.